The van der Waals surface area contributed by atoms with Crippen LogP contribution in [0.1, 0.15) is 0 Å². The number of rotatable bonds is 2. The van der Waals surface area contributed by atoms with Gasteiger partial charge in [0.05, 0.1) is 0 Å². The summed E-state index contributed by atoms with van der Waals surface area (Å²) < 4.78 is 0.582. The van der Waals surface area contributed by atoms with Gasteiger partial charge in [0.1, 0.15) is 6.54 Å². The molecule has 3 amide bonds. The molecule has 0 aromatic carbocycles. The molecule has 0 saturated carbocycles. The van der Waals surface area contributed by atoms with E-state index in [1.807, 2.05) is 0 Å². The van der Waals surface area contributed by atoms with Gasteiger partial charge in [-0.3, -0.25) is 10.1 Å². The summed E-state index contributed by atoms with van der Waals surface area (Å²) in [6.45, 7) is -0.300. The van der Waals surface area contributed by atoms with Crippen molar-refractivity contribution in [2.75, 3.05) is 6.54 Å². The van der Waals surface area contributed by atoms with Crippen molar-refractivity contribution in [3.8, 4) is 0 Å². The third-order valence-corrected chi connectivity index (χ3v) is 0.765. The van der Waals surface area contributed by atoms with Gasteiger partial charge in [0.15, 0.2) is 0 Å². The molecule has 0 fully saturated rings. The molecule has 0 radical (unpaired) electrons. The average Bonchev–Trinajstić information content (AvgIpc) is 1.58. The molecule has 0 rings (SSSR count). The molecule has 0 aliphatic rings. The van der Waals surface area contributed by atoms with Crippen LogP contribution in [0.15, 0.2) is 0 Å². The van der Waals surface area contributed by atoms with Crippen molar-refractivity contribution in [1.29, 1.82) is 0 Å². The maximum absolute atomic E-state index is 10.4. The van der Waals surface area contributed by atoms with Crippen molar-refractivity contribution in [2.24, 2.45) is 5.73 Å². The number of primary amides is 1. The molecule has 0 spiro atoms. The molecule has 3 N–H and O–H groups in total. The predicted octanol–water partition coefficient (Wildman–Crippen LogP) is -0.209. The second-order valence-electron chi connectivity index (χ2n) is 1.37. The fourth-order valence-electron chi connectivity index (χ4n) is 0.285. The maximum atomic E-state index is 10.4. The molecule has 0 aliphatic carbocycles. The SMILES string of the molecule is NC(=O)NC(=O)CN(Cl)Cl. The fourth-order valence-corrected chi connectivity index (χ4v) is 0.503. The second kappa shape index (κ2) is 4.32. The highest BCUT2D eigenvalue weighted by molar-refractivity contribution is 6.34. The van der Waals surface area contributed by atoms with Crippen molar-refractivity contribution in [1.82, 2.24) is 9.25 Å². The Morgan fingerprint density at radius 3 is 2.30 bits per heavy atom. The van der Waals surface area contributed by atoms with E-state index < -0.39 is 11.9 Å². The Hall–Kier alpha value is -0.520. The highest BCUT2D eigenvalue weighted by atomic mass is 35.5. The van der Waals surface area contributed by atoms with Crippen LogP contribution in [0.5, 0.6) is 0 Å². The molecule has 0 aliphatic heterocycles. The summed E-state index contributed by atoms with van der Waals surface area (Å²) in [6.07, 6.45) is 0. The largest absolute Gasteiger partial charge is 0.351 e. The minimum atomic E-state index is -0.930. The molecule has 0 heterocycles. The summed E-state index contributed by atoms with van der Waals surface area (Å²) in [4.78, 5) is 20.4. The Morgan fingerprint density at radius 1 is 1.50 bits per heavy atom. The van der Waals surface area contributed by atoms with E-state index in [2.05, 4.69) is 5.73 Å². The predicted molar refractivity (Wildman–Crippen MR) is 36.1 cm³/mol. The first-order valence-corrected chi connectivity index (χ1v) is 2.88. The Balaban J connectivity index is 3.54. The van der Waals surface area contributed by atoms with Gasteiger partial charge >= 0.3 is 6.03 Å². The number of hydrogen-bond acceptors (Lipinski definition) is 3. The number of imide groups is 1. The zero-order valence-electron chi connectivity index (χ0n) is 4.80. The van der Waals surface area contributed by atoms with Crippen LogP contribution in [-0.2, 0) is 4.79 Å². The number of amides is 3. The zero-order chi connectivity index (χ0) is 8.15. The Labute approximate surface area is 67.3 Å². The van der Waals surface area contributed by atoms with Crippen LogP contribution >= 0.6 is 23.6 Å². The van der Waals surface area contributed by atoms with Gasteiger partial charge in [-0.25, -0.2) is 4.79 Å². The van der Waals surface area contributed by atoms with E-state index in [0.717, 1.165) is 0 Å². The van der Waals surface area contributed by atoms with Gasteiger partial charge in [-0.2, -0.15) is 0 Å². The van der Waals surface area contributed by atoms with E-state index >= 15 is 0 Å². The smallest absolute Gasteiger partial charge is 0.318 e. The number of halogens is 2. The van der Waals surface area contributed by atoms with E-state index in [1.54, 1.807) is 5.32 Å². The summed E-state index contributed by atoms with van der Waals surface area (Å²) in [5.74, 6) is -0.655. The summed E-state index contributed by atoms with van der Waals surface area (Å²) in [5, 5.41) is 1.76. The van der Waals surface area contributed by atoms with Crippen LogP contribution in [0.4, 0.5) is 4.79 Å². The van der Waals surface area contributed by atoms with Crippen LogP contribution in [0.3, 0.4) is 0 Å². The third-order valence-electron chi connectivity index (χ3n) is 0.526. The molecule has 0 bridgehead atoms. The normalized spacial score (nSPS) is 9.50. The quantitative estimate of drug-likeness (QED) is 0.586. The van der Waals surface area contributed by atoms with Gasteiger partial charge in [-0.1, -0.05) is 0 Å². The number of urea groups is 1. The van der Waals surface area contributed by atoms with Crippen LogP contribution in [-0.4, -0.2) is 22.4 Å². The minimum Gasteiger partial charge on any atom is -0.351 e. The number of carbonyl (C=O) groups is 2. The molecular formula is C3H5Cl2N3O2. The summed E-state index contributed by atoms with van der Waals surface area (Å²) in [6, 6.07) is -0.930. The van der Waals surface area contributed by atoms with Crippen molar-refractivity contribution in [3.05, 3.63) is 0 Å². The summed E-state index contributed by atoms with van der Waals surface area (Å²) >= 11 is 10.1. The molecule has 0 atom stereocenters. The third kappa shape index (κ3) is 5.61. The molecule has 5 nitrogen and oxygen atoms in total. The molecule has 0 aromatic heterocycles. The van der Waals surface area contributed by atoms with E-state index in [0.29, 0.717) is 3.94 Å². The Bertz CT molecular complexity index is 149. The van der Waals surface area contributed by atoms with Crippen LogP contribution < -0.4 is 11.1 Å². The van der Waals surface area contributed by atoms with Crippen molar-refractivity contribution in [2.45, 2.75) is 0 Å². The Kier molecular flexibility index (Phi) is 4.10. The molecule has 0 aromatic rings. The van der Waals surface area contributed by atoms with E-state index in [9.17, 15) is 9.59 Å². The van der Waals surface area contributed by atoms with Crippen LogP contribution in [0.2, 0.25) is 0 Å². The van der Waals surface area contributed by atoms with E-state index in [1.165, 1.54) is 0 Å². The van der Waals surface area contributed by atoms with Crippen LogP contribution in [0, 0.1) is 0 Å². The lowest BCUT2D eigenvalue weighted by atomic mass is 10.6. The van der Waals surface area contributed by atoms with E-state index in [4.69, 9.17) is 23.6 Å². The zero-order valence-corrected chi connectivity index (χ0v) is 6.32. The van der Waals surface area contributed by atoms with Gasteiger partial charge in [-0.15, -0.1) is 3.94 Å². The molecule has 10 heavy (non-hydrogen) atoms. The van der Waals surface area contributed by atoms with Gasteiger partial charge in [0.2, 0.25) is 5.91 Å². The molecule has 7 heteroatoms. The molecular weight excluding hydrogens is 181 g/mol. The number of nitrogens with two attached hydrogens (primary N) is 1. The van der Waals surface area contributed by atoms with Gasteiger partial charge in [-0.05, 0) is 23.6 Å². The molecule has 58 valence electrons. The standard InChI is InChI=1S/C3H5Cl2N3O2/c4-8(5)1-2(9)7-3(6)10/h1H2,(H3,6,7,9,10). The second-order valence-corrected chi connectivity index (χ2v) is 2.36. The highest BCUT2D eigenvalue weighted by Gasteiger charge is 2.06. The fraction of sp³-hybridized carbons (Fsp3) is 0.333. The lowest BCUT2D eigenvalue weighted by Gasteiger charge is -2.01. The number of hydrogen-bond donors (Lipinski definition) is 2. The van der Waals surface area contributed by atoms with Gasteiger partial charge in [0, 0.05) is 0 Å². The first-order valence-electron chi connectivity index (χ1n) is 2.20. The van der Waals surface area contributed by atoms with Crippen molar-refractivity contribution < 1.29 is 9.59 Å². The summed E-state index contributed by atoms with van der Waals surface area (Å²) in [5.41, 5.74) is 4.59. The highest BCUT2D eigenvalue weighted by Crippen LogP contribution is 1.95. The molecule has 0 saturated heterocycles. The first-order chi connectivity index (χ1) is 4.52. The first kappa shape index (κ1) is 9.48. The number of carbonyl (C=O) groups excluding carboxylic acids is 2. The Morgan fingerprint density at radius 2 is 2.00 bits per heavy atom. The lowest BCUT2D eigenvalue weighted by Crippen LogP contribution is -2.38. The van der Waals surface area contributed by atoms with Crippen LogP contribution in [0.25, 0.3) is 0 Å². The van der Waals surface area contributed by atoms with Gasteiger partial charge < -0.3 is 5.73 Å². The topological polar surface area (TPSA) is 75.4 Å². The van der Waals surface area contributed by atoms with Crippen molar-refractivity contribution >= 4 is 35.5 Å². The number of nitrogens with zero attached hydrogens (tertiary/aromatic N) is 1. The monoisotopic (exact) mass is 185 g/mol. The minimum absolute atomic E-state index is 0.300. The number of nitrogens with one attached hydrogen (secondary N) is 1. The van der Waals surface area contributed by atoms with Crippen molar-refractivity contribution in [3.63, 3.8) is 0 Å². The van der Waals surface area contributed by atoms with E-state index in [-0.39, 0.29) is 6.54 Å². The maximum Gasteiger partial charge on any atom is 0.318 e. The molecule has 0 unspecified atom stereocenters. The lowest BCUT2D eigenvalue weighted by molar-refractivity contribution is -0.119. The summed E-state index contributed by atoms with van der Waals surface area (Å²) in [7, 11) is 0. The van der Waals surface area contributed by atoms with Gasteiger partial charge in [0.25, 0.3) is 0 Å². The average molecular weight is 186 g/mol.